The highest BCUT2D eigenvalue weighted by molar-refractivity contribution is 9.10. The summed E-state index contributed by atoms with van der Waals surface area (Å²) in [5.41, 5.74) is 0. The SMILES string of the molecule is CC(CO)Nc1ccc(Br)c(S(=O)(=O)NC2CCN(CC3CCCCC3)CC2)n1. The number of aromatic nitrogens is 1. The smallest absolute Gasteiger partial charge is 0.259 e. The second-order valence-electron chi connectivity index (χ2n) is 8.41. The Kier molecular flexibility index (Phi) is 8.32. The number of halogens is 1. The molecular weight excluding hydrogens is 456 g/mol. The van der Waals surface area contributed by atoms with E-state index in [4.69, 9.17) is 0 Å². The summed E-state index contributed by atoms with van der Waals surface area (Å²) in [5.74, 6) is 1.24. The number of rotatable bonds is 8. The third-order valence-corrected chi connectivity index (χ3v) is 8.25. The lowest BCUT2D eigenvalue weighted by Gasteiger charge is -2.35. The summed E-state index contributed by atoms with van der Waals surface area (Å²) >= 11 is 3.31. The van der Waals surface area contributed by atoms with Crippen LogP contribution in [0.4, 0.5) is 5.82 Å². The summed E-state index contributed by atoms with van der Waals surface area (Å²) in [6.07, 6.45) is 8.41. The molecule has 2 heterocycles. The first-order chi connectivity index (χ1) is 13.9. The summed E-state index contributed by atoms with van der Waals surface area (Å²) in [6.45, 7) is 4.78. The Hall–Kier alpha value is -0.740. The van der Waals surface area contributed by atoms with Gasteiger partial charge in [-0.05, 0) is 79.7 Å². The van der Waals surface area contributed by atoms with Crippen LogP contribution in [0.25, 0.3) is 0 Å². The molecule has 1 aliphatic heterocycles. The monoisotopic (exact) mass is 488 g/mol. The predicted octanol–water partition coefficient (Wildman–Crippen LogP) is 2.96. The number of hydrogen-bond acceptors (Lipinski definition) is 6. The van der Waals surface area contributed by atoms with E-state index in [1.54, 1.807) is 19.1 Å². The molecule has 0 bridgehead atoms. The van der Waals surface area contributed by atoms with E-state index in [2.05, 4.69) is 35.9 Å². The Balaban J connectivity index is 1.56. The zero-order valence-electron chi connectivity index (χ0n) is 17.1. The first kappa shape index (κ1) is 22.9. The van der Waals surface area contributed by atoms with Crippen LogP contribution in [-0.4, -0.2) is 61.7 Å². The third-order valence-electron chi connectivity index (χ3n) is 5.89. The standard InChI is InChI=1S/C20H33BrN4O3S/c1-15(14-26)22-19-8-7-18(21)20(23-19)29(27,28)24-17-9-11-25(12-10-17)13-16-5-3-2-4-6-16/h7-8,15-17,24,26H,2-6,9-14H2,1H3,(H,22,23). The number of nitrogens with one attached hydrogen (secondary N) is 2. The molecule has 1 aromatic rings. The lowest BCUT2D eigenvalue weighted by atomic mass is 9.88. The summed E-state index contributed by atoms with van der Waals surface area (Å²) in [5, 5.41) is 12.2. The maximum Gasteiger partial charge on any atom is 0.259 e. The van der Waals surface area contributed by atoms with Crippen LogP contribution in [0.3, 0.4) is 0 Å². The van der Waals surface area contributed by atoms with Gasteiger partial charge in [0.05, 0.1) is 11.1 Å². The molecule has 0 aromatic carbocycles. The van der Waals surface area contributed by atoms with E-state index in [1.165, 1.54) is 32.1 Å². The molecule has 3 N–H and O–H groups in total. The van der Waals surface area contributed by atoms with E-state index in [0.29, 0.717) is 10.3 Å². The number of anilines is 1. The second kappa shape index (κ2) is 10.5. The van der Waals surface area contributed by atoms with Crippen LogP contribution < -0.4 is 10.0 Å². The lowest BCUT2D eigenvalue weighted by molar-refractivity contribution is 0.161. The fourth-order valence-corrected chi connectivity index (χ4v) is 6.42. The highest BCUT2D eigenvalue weighted by atomic mass is 79.9. The van der Waals surface area contributed by atoms with E-state index in [1.807, 2.05) is 0 Å². The molecule has 164 valence electrons. The molecule has 2 aliphatic rings. The van der Waals surface area contributed by atoms with Crippen molar-refractivity contribution in [1.29, 1.82) is 0 Å². The maximum absolute atomic E-state index is 12.9. The summed E-state index contributed by atoms with van der Waals surface area (Å²) in [6, 6.07) is 3.09. The molecule has 1 unspecified atom stereocenters. The van der Waals surface area contributed by atoms with E-state index in [9.17, 15) is 13.5 Å². The third kappa shape index (κ3) is 6.62. The fourth-order valence-electron chi connectivity index (χ4n) is 4.23. The molecule has 0 amide bonds. The number of pyridine rings is 1. The van der Waals surface area contributed by atoms with E-state index >= 15 is 0 Å². The van der Waals surface area contributed by atoms with E-state index in [-0.39, 0.29) is 23.7 Å². The number of aliphatic hydroxyl groups excluding tert-OH is 1. The molecule has 1 atom stereocenters. The minimum absolute atomic E-state index is 0.0164. The van der Waals surface area contributed by atoms with Crippen molar-refractivity contribution in [3.63, 3.8) is 0 Å². The molecule has 9 heteroatoms. The molecule has 7 nitrogen and oxygen atoms in total. The van der Waals surface area contributed by atoms with Crippen molar-refractivity contribution < 1.29 is 13.5 Å². The van der Waals surface area contributed by atoms with E-state index in [0.717, 1.165) is 38.4 Å². The largest absolute Gasteiger partial charge is 0.394 e. The van der Waals surface area contributed by atoms with Crippen molar-refractivity contribution in [2.75, 3.05) is 31.6 Å². The molecule has 0 spiro atoms. The van der Waals surface area contributed by atoms with Crippen molar-refractivity contribution in [1.82, 2.24) is 14.6 Å². The maximum atomic E-state index is 12.9. The number of hydrogen-bond donors (Lipinski definition) is 3. The molecule has 1 saturated carbocycles. The number of piperidine rings is 1. The van der Waals surface area contributed by atoms with E-state index < -0.39 is 10.0 Å². The van der Waals surface area contributed by atoms with Crippen LogP contribution in [0, 0.1) is 5.92 Å². The van der Waals surface area contributed by atoms with Gasteiger partial charge in [0.15, 0.2) is 5.03 Å². The van der Waals surface area contributed by atoms with Crippen molar-refractivity contribution in [3.05, 3.63) is 16.6 Å². The van der Waals surface area contributed by atoms with Crippen molar-refractivity contribution in [2.24, 2.45) is 5.92 Å². The van der Waals surface area contributed by atoms with Gasteiger partial charge in [-0.3, -0.25) is 0 Å². The van der Waals surface area contributed by atoms with Crippen LogP contribution in [-0.2, 0) is 10.0 Å². The highest BCUT2D eigenvalue weighted by Crippen LogP contribution is 2.26. The van der Waals surface area contributed by atoms with Gasteiger partial charge in [0, 0.05) is 18.6 Å². The zero-order chi connectivity index (χ0) is 20.9. The van der Waals surface area contributed by atoms with Crippen LogP contribution in [0.2, 0.25) is 0 Å². The normalized spacial score (nSPS) is 21.2. The van der Waals surface area contributed by atoms with Gasteiger partial charge in [0.2, 0.25) is 0 Å². The number of likely N-dealkylation sites (tertiary alicyclic amines) is 1. The van der Waals surface area contributed by atoms with Crippen molar-refractivity contribution in [2.45, 2.75) is 69.0 Å². The molecule has 29 heavy (non-hydrogen) atoms. The van der Waals surface area contributed by atoms with Gasteiger partial charge in [-0.15, -0.1) is 0 Å². The molecular formula is C20H33BrN4O3S. The van der Waals surface area contributed by atoms with Gasteiger partial charge in [-0.1, -0.05) is 19.3 Å². The molecule has 3 rings (SSSR count). The Morgan fingerprint density at radius 2 is 1.90 bits per heavy atom. The quantitative estimate of drug-likeness (QED) is 0.520. The van der Waals surface area contributed by atoms with Crippen LogP contribution in [0.5, 0.6) is 0 Å². The Morgan fingerprint density at radius 3 is 2.55 bits per heavy atom. The fraction of sp³-hybridized carbons (Fsp3) is 0.750. The van der Waals surface area contributed by atoms with Gasteiger partial charge in [0.1, 0.15) is 5.82 Å². The number of nitrogens with zero attached hydrogens (tertiary/aromatic N) is 2. The minimum Gasteiger partial charge on any atom is -0.394 e. The van der Waals surface area contributed by atoms with Crippen LogP contribution >= 0.6 is 15.9 Å². The topological polar surface area (TPSA) is 94.6 Å². The molecule has 1 saturated heterocycles. The van der Waals surface area contributed by atoms with Gasteiger partial charge in [-0.2, -0.15) is 0 Å². The second-order valence-corrected chi connectivity index (χ2v) is 10.9. The van der Waals surface area contributed by atoms with Gasteiger partial charge >= 0.3 is 0 Å². The Bertz CT molecular complexity index is 763. The van der Waals surface area contributed by atoms with Gasteiger partial charge in [-0.25, -0.2) is 18.1 Å². The lowest BCUT2D eigenvalue weighted by Crippen LogP contribution is -2.46. The Labute approximate surface area is 182 Å². The van der Waals surface area contributed by atoms with Crippen LogP contribution in [0.1, 0.15) is 51.9 Å². The molecule has 2 fully saturated rings. The number of sulfonamides is 1. The predicted molar refractivity (Wildman–Crippen MR) is 118 cm³/mol. The Morgan fingerprint density at radius 1 is 1.21 bits per heavy atom. The minimum atomic E-state index is -3.73. The van der Waals surface area contributed by atoms with Gasteiger partial charge < -0.3 is 15.3 Å². The van der Waals surface area contributed by atoms with Gasteiger partial charge in [0.25, 0.3) is 10.0 Å². The number of aliphatic hydroxyl groups is 1. The van der Waals surface area contributed by atoms with Crippen molar-refractivity contribution >= 4 is 31.8 Å². The summed E-state index contributed by atoms with van der Waals surface area (Å²) < 4.78 is 29.1. The molecule has 1 aliphatic carbocycles. The average molecular weight is 489 g/mol. The molecule has 0 radical (unpaired) electrons. The molecule has 1 aromatic heterocycles. The summed E-state index contributed by atoms with van der Waals surface area (Å²) in [4.78, 5) is 6.76. The summed E-state index contributed by atoms with van der Waals surface area (Å²) in [7, 11) is -3.73. The first-order valence-corrected chi connectivity index (χ1v) is 12.9. The average Bonchev–Trinajstić information content (AvgIpc) is 2.71. The van der Waals surface area contributed by atoms with Crippen molar-refractivity contribution in [3.8, 4) is 0 Å². The first-order valence-electron chi connectivity index (χ1n) is 10.7. The highest BCUT2D eigenvalue weighted by Gasteiger charge is 2.28. The van der Waals surface area contributed by atoms with Crippen LogP contribution in [0.15, 0.2) is 21.6 Å². The zero-order valence-corrected chi connectivity index (χ0v) is 19.5.